The van der Waals surface area contributed by atoms with Crippen LogP contribution in [0.15, 0.2) is 18.2 Å². The smallest absolute Gasteiger partial charge is 0.339 e. The normalized spacial score (nSPS) is 19.4. The van der Waals surface area contributed by atoms with E-state index in [0.717, 1.165) is 25.9 Å². The van der Waals surface area contributed by atoms with Gasteiger partial charge in [0, 0.05) is 18.4 Å². The molecule has 1 saturated heterocycles. The molecule has 0 aliphatic carbocycles. The Balaban J connectivity index is 2.03. The molecule has 98 valence electrons. The second-order valence-electron chi connectivity index (χ2n) is 4.36. The molecule has 5 nitrogen and oxygen atoms in total. The largest absolute Gasteiger partial charge is 0.490 e. The zero-order valence-corrected chi connectivity index (χ0v) is 10.1. The van der Waals surface area contributed by atoms with Crippen LogP contribution in [0.25, 0.3) is 0 Å². The Morgan fingerprint density at radius 3 is 3.00 bits per heavy atom. The third-order valence-corrected chi connectivity index (χ3v) is 2.93. The van der Waals surface area contributed by atoms with E-state index in [0.29, 0.717) is 18.0 Å². The van der Waals surface area contributed by atoms with Crippen LogP contribution < -0.4 is 10.5 Å². The average Bonchev–Trinajstić information content (AvgIpc) is 2.37. The van der Waals surface area contributed by atoms with E-state index in [2.05, 4.69) is 0 Å². The molecule has 3 N–H and O–H groups in total. The Bertz CT molecular complexity index is 427. The number of anilines is 1. The van der Waals surface area contributed by atoms with Crippen LogP contribution in [-0.4, -0.2) is 30.4 Å². The highest BCUT2D eigenvalue weighted by atomic mass is 16.5. The van der Waals surface area contributed by atoms with Crippen LogP contribution in [0.5, 0.6) is 5.75 Å². The first-order chi connectivity index (χ1) is 8.66. The molecule has 0 saturated carbocycles. The SMILES string of the molecule is Nc1ccc(C(=O)O)c(OCC2CCCCO2)c1. The summed E-state index contributed by atoms with van der Waals surface area (Å²) < 4.78 is 11.1. The molecule has 1 aromatic rings. The Hall–Kier alpha value is -1.75. The molecule has 0 spiro atoms. The van der Waals surface area contributed by atoms with E-state index < -0.39 is 5.97 Å². The van der Waals surface area contributed by atoms with Gasteiger partial charge in [-0.1, -0.05) is 0 Å². The van der Waals surface area contributed by atoms with Gasteiger partial charge in [0.15, 0.2) is 0 Å². The summed E-state index contributed by atoms with van der Waals surface area (Å²) in [5.74, 6) is -0.716. The van der Waals surface area contributed by atoms with Crippen molar-refractivity contribution in [3.8, 4) is 5.75 Å². The molecule has 1 aliphatic heterocycles. The van der Waals surface area contributed by atoms with E-state index in [-0.39, 0.29) is 11.7 Å². The topological polar surface area (TPSA) is 81.8 Å². The lowest BCUT2D eigenvalue weighted by molar-refractivity contribution is -0.0113. The van der Waals surface area contributed by atoms with Crippen LogP contribution in [-0.2, 0) is 4.74 Å². The third kappa shape index (κ3) is 3.13. The first kappa shape index (κ1) is 12.7. The van der Waals surface area contributed by atoms with E-state index >= 15 is 0 Å². The van der Waals surface area contributed by atoms with Crippen LogP contribution in [0, 0.1) is 0 Å². The predicted octanol–water partition coefficient (Wildman–Crippen LogP) is 1.91. The van der Waals surface area contributed by atoms with Crippen molar-refractivity contribution < 1.29 is 19.4 Å². The van der Waals surface area contributed by atoms with Gasteiger partial charge in [-0.15, -0.1) is 0 Å². The molecule has 2 rings (SSSR count). The highest BCUT2D eigenvalue weighted by Crippen LogP contribution is 2.23. The van der Waals surface area contributed by atoms with Crippen LogP contribution in [0.1, 0.15) is 29.6 Å². The molecule has 0 aromatic heterocycles. The highest BCUT2D eigenvalue weighted by molar-refractivity contribution is 5.91. The van der Waals surface area contributed by atoms with Crippen molar-refractivity contribution in [2.75, 3.05) is 18.9 Å². The van der Waals surface area contributed by atoms with Crippen molar-refractivity contribution in [3.63, 3.8) is 0 Å². The van der Waals surface area contributed by atoms with Crippen molar-refractivity contribution in [1.82, 2.24) is 0 Å². The second kappa shape index (κ2) is 5.73. The fourth-order valence-corrected chi connectivity index (χ4v) is 1.96. The molecule has 1 aliphatic rings. The Kier molecular flexibility index (Phi) is 4.04. The van der Waals surface area contributed by atoms with Gasteiger partial charge in [-0.05, 0) is 31.4 Å². The minimum absolute atomic E-state index is 0.0434. The number of hydrogen-bond acceptors (Lipinski definition) is 4. The number of carbonyl (C=O) groups is 1. The quantitative estimate of drug-likeness (QED) is 0.799. The summed E-state index contributed by atoms with van der Waals surface area (Å²) in [6.45, 7) is 1.11. The Labute approximate surface area is 106 Å². The van der Waals surface area contributed by atoms with Crippen molar-refractivity contribution in [2.45, 2.75) is 25.4 Å². The van der Waals surface area contributed by atoms with Crippen LogP contribution >= 0.6 is 0 Å². The molecular weight excluding hydrogens is 234 g/mol. The summed E-state index contributed by atoms with van der Waals surface area (Å²) in [6, 6.07) is 4.54. The number of ether oxygens (including phenoxy) is 2. The first-order valence-corrected chi connectivity index (χ1v) is 6.04. The van der Waals surface area contributed by atoms with Gasteiger partial charge in [0.1, 0.15) is 17.9 Å². The monoisotopic (exact) mass is 251 g/mol. The number of aromatic carboxylic acids is 1. The summed E-state index contributed by atoms with van der Waals surface area (Å²) in [6.07, 6.45) is 3.19. The molecular formula is C13H17NO4. The lowest BCUT2D eigenvalue weighted by Crippen LogP contribution is -2.26. The number of hydrogen-bond donors (Lipinski definition) is 2. The predicted molar refractivity (Wildman–Crippen MR) is 66.9 cm³/mol. The Morgan fingerprint density at radius 2 is 2.33 bits per heavy atom. The summed E-state index contributed by atoms with van der Waals surface area (Å²) in [5, 5.41) is 9.04. The van der Waals surface area contributed by atoms with Crippen LogP contribution in [0.3, 0.4) is 0 Å². The maximum absolute atomic E-state index is 11.0. The van der Waals surface area contributed by atoms with Gasteiger partial charge in [0.05, 0.1) is 6.10 Å². The summed E-state index contributed by atoms with van der Waals surface area (Å²) >= 11 is 0. The number of carboxylic acids is 1. The third-order valence-electron chi connectivity index (χ3n) is 2.93. The lowest BCUT2D eigenvalue weighted by Gasteiger charge is -2.23. The molecule has 0 amide bonds. The van der Waals surface area contributed by atoms with E-state index in [9.17, 15) is 4.79 Å². The lowest BCUT2D eigenvalue weighted by atomic mass is 10.1. The average molecular weight is 251 g/mol. The number of rotatable bonds is 4. The maximum atomic E-state index is 11.0. The molecule has 1 atom stereocenters. The number of carboxylic acid groups (broad SMARTS) is 1. The van der Waals surface area contributed by atoms with Crippen molar-refractivity contribution >= 4 is 11.7 Å². The fourth-order valence-electron chi connectivity index (χ4n) is 1.96. The summed E-state index contributed by atoms with van der Waals surface area (Å²) in [7, 11) is 0. The molecule has 0 radical (unpaired) electrons. The number of benzene rings is 1. The van der Waals surface area contributed by atoms with Gasteiger partial charge in [0.2, 0.25) is 0 Å². The minimum atomic E-state index is -1.02. The molecule has 1 fully saturated rings. The van der Waals surface area contributed by atoms with Crippen LogP contribution in [0.2, 0.25) is 0 Å². The van der Waals surface area contributed by atoms with Gasteiger partial charge in [-0.3, -0.25) is 0 Å². The molecule has 1 unspecified atom stereocenters. The zero-order chi connectivity index (χ0) is 13.0. The molecule has 18 heavy (non-hydrogen) atoms. The van der Waals surface area contributed by atoms with Crippen molar-refractivity contribution in [1.29, 1.82) is 0 Å². The van der Waals surface area contributed by atoms with Crippen molar-refractivity contribution in [2.24, 2.45) is 0 Å². The molecule has 1 aromatic carbocycles. The molecule has 0 bridgehead atoms. The first-order valence-electron chi connectivity index (χ1n) is 6.04. The Morgan fingerprint density at radius 1 is 1.50 bits per heavy atom. The second-order valence-corrected chi connectivity index (χ2v) is 4.36. The molecule has 1 heterocycles. The minimum Gasteiger partial charge on any atom is -0.490 e. The number of nitrogens with two attached hydrogens (primary N) is 1. The number of nitrogen functional groups attached to an aromatic ring is 1. The zero-order valence-electron chi connectivity index (χ0n) is 10.1. The summed E-state index contributed by atoms with van der Waals surface area (Å²) in [4.78, 5) is 11.0. The maximum Gasteiger partial charge on any atom is 0.339 e. The van der Waals surface area contributed by atoms with Gasteiger partial charge in [0.25, 0.3) is 0 Å². The van der Waals surface area contributed by atoms with E-state index in [1.807, 2.05) is 0 Å². The van der Waals surface area contributed by atoms with Crippen LogP contribution in [0.4, 0.5) is 5.69 Å². The van der Waals surface area contributed by atoms with Gasteiger partial charge >= 0.3 is 5.97 Å². The van der Waals surface area contributed by atoms with E-state index in [1.54, 1.807) is 6.07 Å². The highest BCUT2D eigenvalue weighted by Gasteiger charge is 2.17. The summed E-state index contributed by atoms with van der Waals surface area (Å²) in [5.41, 5.74) is 6.24. The van der Waals surface area contributed by atoms with Gasteiger partial charge in [-0.25, -0.2) is 4.79 Å². The van der Waals surface area contributed by atoms with Crippen molar-refractivity contribution in [3.05, 3.63) is 23.8 Å². The van der Waals surface area contributed by atoms with E-state index in [1.165, 1.54) is 12.1 Å². The fraction of sp³-hybridized carbons (Fsp3) is 0.462. The van der Waals surface area contributed by atoms with E-state index in [4.69, 9.17) is 20.3 Å². The molecule has 5 heteroatoms. The van der Waals surface area contributed by atoms with Gasteiger partial charge < -0.3 is 20.3 Å². The van der Waals surface area contributed by atoms with Gasteiger partial charge in [-0.2, -0.15) is 0 Å². The standard InChI is InChI=1S/C13H17NO4/c14-9-4-5-11(13(15)16)12(7-9)18-8-10-3-1-2-6-17-10/h4-5,7,10H,1-3,6,8,14H2,(H,15,16).